The number of carboxylic acid groups (broad SMARTS) is 1. The summed E-state index contributed by atoms with van der Waals surface area (Å²) < 4.78 is 0.574. The highest BCUT2D eigenvalue weighted by molar-refractivity contribution is 9.10. The average Bonchev–Trinajstić information content (AvgIpc) is 2.42. The van der Waals surface area contributed by atoms with Crippen molar-refractivity contribution in [2.75, 3.05) is 5.32 Å². The SMILES string of the molecule is Cc1cc(NC(=O)c2ncccc2Br)cc(C(=O)O)c1C. The summed E-state index contributed by atoms with van der Waals surface area (Å²) in [6, 6.07) is 6.60. The molecule has 21 heavy (non-hydrogen) atoms. The molecule has 1 amide bonds. The predicted octanol–water partition coefficient (Wildman–Crippen LogP) is 3.41. The van der Waals surface area contributed by atoms with Gasteiger partial charge in [-0.25, -0.2) is 9.78 Å². The molecular weight excluding hydrogens is 336 g/mol. The fourth-order valence-corrected chi connectivity index (χ4v) is 2.33. The number of pyridine rings is 1. The second kappa shape index (κ2) is 6.05. The van der Waals surface area contributed by atoms with E-state index in [1.807, 2.05) is 0 Å². The van der Waals surface area contributed by atoms with Crippen molar-refractivity contribution in [2.45, 2.75) is 13.8 Å². The number of nitrogens with one attached hydrogen (secondary N) is 1. The van der Waals surface area contributed by atoms with Crippen LogP contribution >= 0.6 is 15.9 Å². The number of amides is 1. The van der Waals surface area contributed by atoms with Crippen molar-refractivity contribution < 1.29 is 14.7 Å². The fraction of sp³-hybridized carbons (Fsp3) is 0.133. The topological polar surface area (TPSA) is 79.3 Å². The van der Waals surface area contributed by atoms with E-state index in [1.54, 1.807) is 32.0 Å². The monoisotopic (exact) mass is 348 g/mol. The van der Waals surface area contributed by atoms with Crippen molar-refractivity contribution in [3.05, 3.63) is 57.3 Å². The van der Waals surface area contributed by atoms with Crippen LogP contribution in [0.5, 0.6) is 0 Å². The normalized spacial score (nSPS) is 10.2. The van der Waals surface area contributed by atoms with Crippen molar-refractivity contribution in [1.29, 1.82) is 0 Å². The molecule has 2 aromatic rings. The lowest BCUT2D eigenvalue weighted by Gasteiger charge is -2.11. The molecule has 0 saturated heterocycles. The lowest BCUT2D eigenvalue weighted by atomic mass is 10.0. The van der Waals surface area contributed by atoms with Crippen LogP contribution in [0.2, 0.25) is 0 Å². The number of nitrogens with zero attached hydrogens (tertiary/aromatic N) is 1. The third kappa shape index (κ3) is 3.28. The molecule has 0 bridgehead atoms. The first-order valence-electron chi connectivity index (χ1n) is 6.16. The molecule has 0 spiro atoms. The number of hydrogen-bond acceptors (Lipinski definition) is 3. The summed E-state index contributed by atoms with van der Waals surface area (Å²) in [4.78, 5) is 27.4. The third-order valence-corrected chi connectivity index (χ3v) is 3.77. The first kappa shape index (κ1) is 15.2. The number of carboxylic acids is 1. The van der Waals surface area contributed by atoms with E-state index in [0.717, 1.165) is 5.56 Å². The smallest absolute Gasteiger partial charge is 0.336 e. The van der Waals surface area contributed by atoms with Crippen LogP contribution in [0.15, 0.2) is 34.9 Å². The number of aryl methyl sites for hydroxylation is 1. The Kier molecular flexibility index (Phi) is 4.37. The number of carbonyl (C=O) groups is 2. The second-order valence-electron chi connectivity index (χ2n) is 4.56. The van der Waals surface area contributed by atoms with Crippen molar-refractivity contribution in [3.8, 4) is 0 Å². The van der Waals surface area contributed by atoms with Gasteiger partial charge in [-0.2, -0.15) is 0 Å². The molecular formula is C15H13BrN2O3. The van der Waals surface area contributed by atoms with Crippen LogP contribution in [0.1, 0.15) is 32.0 Å². The van der Waals surface area contributed by atoms with E-state index < -0.39 is 11.9 Å². The van der Waals surface area contributed by atoms with Crippen LogP contribution in [0.25, 0.3) is 0 Å². The van der Waals surface area contributed by atoms with Gasteiger partial charge in [0.15, 0.2) is 0 Å². The number of hydrogen-bond donors (Lipinski definition) is 2. The maximum absolute atomic E-state index is 12.2. The zero-order valence-electron chi connectivity index (χ0n) is 11.5. The van der Waals surface area contributed by atoms with Crippen LogP contribution in [0.3, 0.4) is 0 Å². The molecule has 0 atom stereocenters. The van der Waals surface area contributed by atoms with Crippen LogP contribution in [-0.4, -0.2) is 22.0 Å². The molecule has 0 fully saturated rings. The quantitative estimate of drug-likeness (QED) is 0.890. The van der Waals surface area contributed by atoms with Crippen LogP contribution in [0.4, 0.5) is 5.69 Å². The lowest BCUT2D eigenvalue weighted by molar-refractivity contribution is 0.0695. The van der Waals surface area contributed by atoms with Gasteiger partial charge < -0.3 is 10.4 Å². The van der Waals surface area contributed by atoms with Crippen LogP contribution in [-0.2, 0) is 0 Å². The van der Waals surface area contributed by atoms with Gasteiger partial charge >= 0.3 is 5.97 Å². The van der Waals surface area contributed by atoms with Crippen LogP contribution in [0, 0.1) is 13.8 Å². The van der Waals surface area contributed by atoms with Gasteiger partial charge in [0.1, 0.15) is 5.69 Å². The van der Waals surface area contributed by atoms with E-state index in [4.69, 9.17) is 0 Å². The molecule has 0 aliphatic heterocycles. The van der Waals surface area contributed by atoms with Gasteiger partial charge in [0, 0.05) is 16.4 Å². The zero-order valence-corrected chi connectivity index (χ0v) is 13.1. The molecule has 0 radical (unpaired) electrons. The number of aromatic nitrogens is 1. The highest BCUT2D eigenvalue weighted by atomic mass is 79.9. The third-order valence-electron chi connectivity index (χ3n) is 3.13. The number of benzene rings is 1. The van der Waals surface area contributed by atoms with E-state index in [1.165, 1.54) is 12.3 Å². The Morgan fingerprint density at radius 3 is 2.62 bits per heavy atom. The zero-order chi connectivity index (χ0) is 15.6. The number of anilines is 1. The minimum atomic E-state index is -1.02. The predicted molar refractivity (Wildman–Crippen MR) is 82.8 cm³/mol. The van der Waals surface area contributed by atoms with Gasteiger partial charge in [-0.15, -0.1) is 0 Å². The summed E-state index contributed by atoms with van der Waals surface area (Å²) in [5.74, 6) is -1.42. The Hall–Kier alpha value is -2.21. The highest BCUT2D eigenvalue weighted by Crippen LogP contribution is 2.21. The fourth-order valence-electron chi connectivity index (χ4n) is 1.90. The van der Waals surface area contributed by atoms with Crippen molar-refractivity contribution in [3.63, 3.8) is 0 Å². The highest BCUT2D eigenvalue weighted by Gasteiger charge is 2.15. The standard InChI is InChI=1S/C15H13BrN2O3/c1-8-6-10(7-11(9(8)2)15(20)21)18-14(19)13-12(16)4-3-5-17-13/h3-7H,1-2H3,(H,18,19)(H,20,21). The van der Waals surface area contributed by atoms with E-state index in [2.05, 4.69) is 26.2 Å². The Labute approximate surface area is 130 Å². The summed E-state index contributed by atoms with van der Waals surface area (Å²) in [7, 11) is 0. The van der Waals surface area contributed by atoms with Crippen molar-refractivity contribution in [2.24, 2.45) is 0 Å². The van der Waals surface area contributed by atoms with E-state index in [9.17, 15) is 14.7 Å². The summed E-state index contributed by atoms with van der Waals surface area (Å²) >= 11 is 3.26. The first-order chi connectivity index (χ1) is 9.90. The number of halogens is 1. The lowest BCUT2D eigenvalue weighted by Crippen LogP contribution is -2.15. The molecule has 2 N–H and O–H groups in total. The minimum absolute atomic E-state index is 0.172. The number of aromatic carboxylic acids is 1. The van der Waals surface area contributed by atoms with Gasteiger partial charge in [-0.05, 0) is 65.2 Å². The van der Waals surface area contributed by atoms with Crippen molar-refractivity contribution in [1.82, 2.24) is 4.98 Å². The van der Waals surface area contributed by atoms with Gasteiger partial charge in [0.25, 0.3) is 5.91 Å². The summed E-state index contributed by atoms with van der Waals surface area (Å²) in [6.45, 7) is 3.54. The van der Waals surface area contributed by atoms with Crippen LogP contribution < -0.4 is 5.32 Å². The Morgan fingerprint density at radius 2 is 2.00 bits per heavy atom. The molecule has 6 heteroatoms. The summed E-state index contributed by atoms with van der Waals surface area (Å²) in [5.41, 5.74) is 2.32. The van der Waals surface area contributed by atoms with Gasteiger partial charge in [0.2, 0.25) is 0 Å². The maximum atomic E-state index is 12.2. The molecule has 1 aromatic carbocycles. The molecule has 2 rings (SSSR count). The Morgan fingerprint density at radius 1 is 1.29 bits per heavy atom. The number of rotatable bonds is 3. The van der Waals surface area contributed by atoms with E-state index >= 15 is 0 Å². The van der Waals surface area contributed by atoms with Gasteiger partial charge in [0.05, 0.1) is 5.56 Å². The average molecular weight is 349 g/mol. The molecule has 0 saturated carbocycles. The number of carbonyl (C=O) groups excluding carboxylic acids is 1. The minimum Gasteiger partial charge on any atom is -0.478 e. The van der Waals surface area contributed by atoms with Crippen molar-refractivity contribution >= 4 is 33.5 Å². The van der Waals surface area contributed by atoms with E-state index in [0.29, 0.717) is 15.7 Å². The van der Waals surface area contributed by atoms with Gasteiger partial charge in [-0.1, -0.05) is 0 Å². The van der Waals surface area contributed by atoms with E-state index in [-0.39, 0.29) is 11.3 Å². The molecule has 108 valence electrons. The molecule has 5 nitrogen and oxygen atoms in total. The van der Waals surface area contributed by atoms with Gasteiger partial charge in [-0.3, -0.25) is 4.79 Å². The summed E-state index contributed by atoms with van der Waals surface area (Å²) in [6.07, 6.45) is 1.52. The second-order valence-corrected chi connectivity index (χ2v) is 5.41. The Balaban J connectivity index is 2.34. The largest absolute Gasteiger partial charge is 0.478 e. The molecule has 0 unspecified atom stereocenters. The maximum Gasteiger partial charge on any atom is 0.336 e. The molecule has 1 aromatic heterocycles. The summed E-state index contributed by atoms with van der Waals surface area (Å²) in [5, 5.41) is 11.8. The molecule has 0 aliphatic carbocycles. The molecule has 0 aliphatic rings. The Bertz CT molecular complexity index is 729. The first-order valence-corrected chi connectivity index (χ1v) is 6.96. The molecule has 1 heterocycles.